The lowest BCUT2D eigenvalue weighted by atomic mass is 9.89. The monoisotopic (exact) mass is 342 g/mol. The van der Waals surface area contributed by atoms with E-state index >= 15 is 0 Å². The van der Waals surface area contributed by atoms with Crippen molar-refractivity contribution in [2.45, 2.75) is 31.3 Å². The minimum atomic E-state index is -0.241. The third-order valence-electron chi connectivity index (χ3n) is 5.25. The first-order chi connectivity index (χ1) is 12.1. The molecule has 0 radical (unpaired) electrons. The van der Waals surface area contributed by atoms with Crippen molar-refractivity contribution in [3.05, 3.63) is 53.6 Å². The number of benzene rings is 1. The molecular formula is C19H23FN4O. The topological polar surface area (TPSA) is 50.2 Å². The molecule has 6 heteroatoms. The van der Waals surface area contributed by atoms with Crippen molar-refractivity contribution in [3.8, 4) is 0 Å². The number of hydrogen-bond donors (Lipinski definition) is 1. The first kappa shape index (κ1) is 16.3. The highest BCUT2D eigenvalue weighted by Crippen LogP contribution is 2.35. The maximum atomic E-state index is 14.1. The minimum absolute atomic E-state index is 0.114. The second kappa shape index (κ2) is 6.59. The molecule has 2 aliphatic rings. The summed E-state index contributed by atoms with van der Waals surface area (Å²) in [5.41, 5.74) is 1.68. The molecule has 0 unspecified atom stereocenters. The summed E-state index contributed by atoms with van der Waals surface area (Å²) in [6.45, 7) is 1.80. The van der Waals surface area contributed by atoms with E-state index in [1.807, 2.05) is 30.4 Å². The minimum Gasteiger partial charge on any atom is -0.335 e. The van der Waals surface area contributed by atoms with Gasteiger partial charge in [0.2, 0.25) is 5.91 Å². The van der Waals surface area contributed by atoms with Crippen LogP contribution in [0.4, 0.5) is 4.39 Å². The van der Waals surface area contributed by atoms with Gasteiger partial charge in [0.05, 0.1) is 12.1 Å². The lowest BCUT2D eigenvalue weighted by Gasteiger charge is -2.28. The molecule has 2 heterocycles. The molecule has 1 aliphatic carbocycles. The van der Waals surface area contributed by atoms with Crippen LogP contribution in [0, 0.1) is 11.7 Å². The van der Waals surface area contributed by atoms with Crippen LogP contribution in [0.3, 0.4) is 0 Å². The van der Waals surface area contributed by atoms with Crippen LogP contribution in [-0.4, -0.2) is 39.7 Å². The van der Waals surface area contributed by atoms with Crippen molar-refractivity contribution in [2.75, 3.05) is 13.1 Å². The second-order valence-corrected chi connectivity index (χ2v) is 7.11. The highest BCUT2D eigenvalue weighted by Gasteiger charge is 2.41. The summed E-state index contributed by atoms with van der Waals surface area (Å²) in [6, 6.07) is 6.98. The van der Waals surface area contributed by atoms with Crippen molar-refractivity contribution < 1.29 is 9.18 Å². The van der Waals surface area contributed by atoms with E-state index in [2.05, 4.69) is 10.4 Å². The predicted octanol–water partition coefficient (Wildman–Crippen LogP) is 2.05. The molecule has 5 nitrogen and oxygen atoms in total. The zero-order valence-electron chi connectivity index (χ0n) is 14.4. The van der Waals surface area contributed by atoms with Crippen molar-refractivity contribution in [1.82, 2.24) is 20.0 Å². The number of rotatable bonds is 5. The summed E-state index contributed by atoms with van der Waals surface area (Å²) in [7, 11) is 1.89. The van der Waals surface area contributed by atoms with Gasteiger partial charge in [0.25, 0.3) is 0 Å². The molecule has 1 amide bonds. The quantitative estimate of drug-likeness (QED) is 0.905. The number of carbonyl (C=O) groups is 1. The Kier molecular flexibility index (Phi) is 4.29. The number of nitrogens with zero attached hydrogens (tertiary/aromatic N) is 3. The van der Waals surface area contributed by atoms with Gasteiger partial charge < -0.3 is 10.2 Å². The molecule has 25 heavy (non-hydrogen) atoms. The largest absolute Gasteiger partial charge is 0.335 e. The van der Waals surface area contributed by atoms with E-state index in [0.717, 1.165) is 24.9 Å². The summed E-state index contributed by atoms with van der Waals surface area (Å²) in [5.74, 6) is -0.0986. The molecule has 1 N–H and O–H groups in total. The Morgan fingerprint density at radius 1 is 1.36 bits per heavy atom. The van der Waals surface area contributed by atoms with Crippen LogP contribution < -0.4 is 5.32 Å². The van der Waals surface area contributed by atoms with E-state index in [9.17, 15) is 9.18 Å². The normalized spacial score (nSPS) is 23.0. The molecule has 1 saturated heterocycles. The molecule has 1 saturated carbocycles. The van der Waals surface area contributed by atoms with E-state index in [1.165, 1.54) is 6.07 Å². The molecule has 132 valence electrons. The third kappa shape index (κ3) is 3.31. The van der Waals surface area contributed by atoms with Gasteiger partial charge in [0.1, 0.15) is 5.82 Å². The van der Waals surface area contributed by atoms with Gasteiger partial charge in [-0.05, 0) is 24.5 Å². The number of carbonyl (C=O) groups excluding carboxylic acids is 1. The molecule has 0 spiro atoms. The molecular weight excluding hydrogens is 319 g/mol. The third-order valence-corrected chi connectivity index (χ3v) is 5.25. The number of aromatic nitrogens is 2. The maximum Gasteiger partial charge on any atom is 0.228 e. The highest BCUT2D eigenvalue weighted by molar-refractivity contribution is 5.81. The van der Waals surface area contributed by atoms with Gasteiger partial charge in [-0.25, -0.2) is 4.39 Å². The van der Waals surface area contributed by atoms with Gasteiger partial charge in [0.15, 0.2) is 0 Å². The Balaban J connectivity index is 1.55. The highest BCUT2D eigenvalue weighted by atomic mass is 19.1. The van der Waals surface area contributed by atoms with Gasteiger partial charge >= 0.3 is 0 Å². The summed E-state index contributed by atoms with van der Waals surface area (Å²) < 4.78 is 15.8. The van der Waals surface area contributed by atoms with Crippen LogP contribution in [0.25, 0.3) is 0 Å². The smallest absolute Gasteiger partial charge is 0.228 e. The summed E-state index contributed by atoms with van der Waals surface area (Å²) in [6.07, 6.45) is 5.85. The van der Waals surface area contributed by atoms with Crippen LogP contribution >= 0.6 is 0 Å². The predicted molar refractivity (Wildman–Crippen MR) is 92.3 cm³/mol. The summed E-state index contributed by atoms with van der Waals surface area (Å²) in [4.78, 5) is 15.2. The summed E-state index contributed by atoms with van der Waals surface area (Å²) >= 11 is 0. The standard InChI is InChI=1S/C19H23FN4O/c1-23-11-14(8-22-23)16-9-21-10-17(16)19(25)24(15-6-7-15)12-13-4-2-3-5-18(13)20/h2-5,8,11,15-17,21H,6-7,9-10,12H2,1H3/t16-,17+/m1/s1. The zero-order chi connectivity index (χ0) is 17.4. The second-order valence-electron chi connectivity index (χ2n) is 7.11. The molecule has 1 aromatic carbocycles. The fraction of sp³-hybridized carbons (Fsp3) is 0.474. The van der Waals surface area contributed by atoms with Crippen LogP contribution in [0.2, 0.25) is 0 Å². The van der Waals surface area contributed by atoms with E-state index in [4.69, 9.17) is 0 Å². The van der Waals surface area contributed by atoms with Gasteiger partial charge in [-0.3, -0.25) is 9.48 Å². The van der Waals surface area contributed by atoms with Gasteiger partial charge in [-0.2, -0.15) is 5.10 Å². The van der Waals surface area contributed by atoms with Crippen LogP contribution in [0.1, 0.15) is 29.9 Å². The molecule has 2 atom stereocenters. The van der Waals surface area contributed by atoms with Crippen LogP contribution in [-0.2, 0) is 18.4 Å². The number of amides is 1. The van der Waals surface area contributed by atoms with Crippen molar-refractivity contribution in [2.24, 2.45) is 13.0 Å². The lowest BCUT2D eigenvalue weighted by molar-refractivity contribution is -0.136. The average Bonchev–Trinajstić information content (AvgIpc) is 3.15. The fourth-order valence-electron chi connectivity index (χ4n) is 3.72. The molecule has 0 bridgehead atoms. The number of aryl methyl sites for hydroxylation is 1. The molecule has 1 aromatic heterocycles. The van der Waals surface area contributed by atoms with Crippen molar-refractivity contribution in [1.29, 1.82) is 0 Å². The fourth-order valence-corrected chi connectivity index (χ4v) is 3.72. The Labute approximate surface area is 146 Å². The summed E-state index contributed by atoms with van der Waals surface area (Å²) in [5, 5.41) is 7.58. The Hall–Kier alpha value is -2.21. The van der Waals surface area contributed by atoms with E-state index in [1.54, 1.807) is 16.8 Å². The van der Waals surface area contributed by atoms with Crippen molar-refractivity contribution >= 4 is 5.91 Å². The number of halogens is 1. The molecule has 1 aliphatic heterocycles. The molecule has 2 aromatic rings. The Bertz CT molecular complexity index is 770. The van der Waals surface area contributed by atoms with E-state index in [-0.39, 0.29) is 29.6 Å². The SMILES string of the molecule is Cn1cc([C@H]2CNC[C@@H]2C(=O)N(Cc2ccccc2F)C2CC2)cn1. The Morgan fingerprint density at radius 2 is 2.16 bits per heavy atom. The Morgan fingerprint density at radius 3 is 2.84 bits per heavy atom. The van der Waals surface area contributed by atoms with E-state index < -0.39 is 0 Å². The number of nitrogens with one attached hydrogen (secondary N) is 1. The zero-order valence-corrected chi connectivity index (χ0v) is 14.4. The molecule has 4 rings (SSSR count). The van der Waals surface area contributed by atoms with Gasteiger partial charge in [-0.15, -0.1) is 0 Å². The van der Waals surface area contributed by atoms with E-state index in [0.29, 0.717) is 18.7 Å². The van der Waals surface area contributed by atoms with Crippen LogP contribution in [0.15, 0.2) is 36.7 Å². The first-order valence-corrected chi connectivity index (χ1v) is 8.86. The van der Waals surface area contributed by atoms with Gasteiger partial charge in [-0.1, -0.05) is 18.2 Å². The first-order valence-electron chi connectivity index (χ1n) is 8.86. The average molecular weight is 342 g/mol. The maximum absolute atomic E-state index is 14.1. The van der Waals surface area contributed by atoms with Crippen LogP contribution in [0.5, 0.6) is 0 Å². The van der Waals surface area contributed by atoms with Gasteiger partial charge in [0, 0.05) is 50.4 Å². The van der Waals surface area contributed by atoms with Crippen molar-refractivity contribution in [3.63, 3.8) is 0 Å². The lowest BCUT2D eigenvalue weighted by Crippen LogP contribution is -2.40. The molecule has 2 fully saturated rings. The number of hydrogen-bond acceptors (Lipinski definition) is 3.